The van der Waals surface area contributed by atoms with Gasteiger partial charge < -0.3 is 25.2 Å². The summed E-state index contributed by atoms with van der Waals surface area (Å²) < 4.78 is 13.8. The molecule has 0 aliphatic carbocycles. The van der Waals surface area contributed by atoms with Crippen molar-refractivity contribution >= 4 is 58.3 Å². The van der Waals surface area contributed by atoms with Gasteiger partial charge in [0.1, 0.15) is 17.2 Å². The molecule has 5 aromatic rings. The van der Waals surface area contributed by atoms with Gasteiger partial charge in [0.05, 0.1) is 28.4 Å². The predicted molar refractivity (Wildman–Crippen MR) is 178 cm³/mol. The Morgan fingerprint density at radius 3 is 2.48 bits per heavy atom. The first kappa shape index (κ1) is 33.1. The number of methoxy groups -OCH3 is 1. The molecule has 0 aliphatic rings. The lowest BCUT2D eigenvalue weighted by atomic mass is 10.1. The maximum absolute atomic E-state index is 12.2. The molecule has 15 heteroatoms. The molecular formula is C31H33Cl3N8O4. The van der Waals surface area contributed by atoms with E-state index in [1.54, 1.807) is 25.3 Å². The fraction of sp³-hybridized carbons (Fsp3) is 0.323. The monoisotopic (exact) mass is 686 g/mol. The molecule has 1 atom stereocenters. The van der Waals surface area contributed by atoms with Crippen LogP contribution in [-0.4, -0.2) is 61.0 Å². The van der Waals surface area contributed by atoms with Crippen molar-refractivity contribution in [3.63, 3.8) is 0 Å². The topological polar surface area (TPSA) is 141 Å². The molecule has 0 spiro atoms. The highest BCUT2D eigenvalue weighted by Gasteiger charge is 2.23. The number of fused-ring (bicyclic) bond motifs is 1. The van der Waals surface area contributed by atoms with Crippen LogP contribution in [0.5, 0.6) is 17.4 Å². The zero-order valence-electron chi connectivity index (χ0n) is 25.8. The lowest BCUT2D eigenvalue weighted by Crippen LogP contribution is -2.28. The van der Waals surface area contributed by atoms with Crippen LogP contribution in [0.25, 0.3) is 17.4 Å². The first-order valence-corrected chi connectivity index (χ1v) is 15.6. The van der Waals surface area contributed by atoms with Crippen molar-refractivity contribution in [2.75, 3.05) is 25.7 Å². The number of hydrogen-bond donors (Lipinski definition) is 3. The largest absolute Gasteiger partial charge is 0.497 e. The van der Waals surface area contributed by atoms with E-state index in [9.17, 15) is 9.90 Å². The van der Waals surface area contributed by atoms with Gasteiger partial charge in [-0.2, -0.15) is 9.78 Å². The zero-order valence-corrected chi connectivity index (χ0v) is 28.1. The molecule has 0 saturated heterocycles. The van der Waals surface area contributed by atoms with Crippen molar-refractivity contribution in [3.05, 3.63) is 73.8 Å². The van der Waals surface area contributed by atoms with Gasteiger partial charge in [-0.15, -0.1) is 14.8 Å². The molecule has 0 aliphatic heterocycles. The van der Waals surface area contributed by atoms with Gasteiger partial charge in [0.2, 0.25) is 11.8 Å². The molecule has 0 radical (unpaired) electrons. The van der Waals surface area contributed by atoms with Crippen LogP contribution in [-0.2, 0) is 4.79 Å². The minimum Gasteiger partial charge on any atom is -0.497 e. The minimum atomic E-state index is -0.255. The molecule has 3 aromatic heterocycles. The summed E-state index contributed by atoms with van der Waals surface area (Å²) in [7, 11) is 1.57. The number of nitrogens with zero attached hydrogens (tertiary/aromatic N) is 6. The van der Waals surface area contributed by atoms with E-state index in [0.29, 0.717) is 57.4 Å². The van der Waals surface area contributed by atoms with Crippen molar-refractivity contribution in [2.24, 2.45) is 5.92 Å². The molecule has 5 rings (SSSR count). The number of aromatic nitrogens is 6. The molecule has 1 unspecified atom stereocenters. The molecule has 0 fully saturated rings. The van der Waals surface area contributed by atoms with E-state index in [0.717, 1.165) is 0 Å². The van der Waals surface area contributed by atoms with E-state index in [-0.39, 0.29) is 51.9 Å². The summed E-state index contributed by atoms with van der Waals surface area (Å²) in [6.07, 6.45) is 2.15. The van der Waals surface area contributed by atoms with Gasteiger partial charge in [0.15, 0.2) is 24.0 Å². The summed E-state index contributed by atoms with van der Waals surface area (Å²) in [6.45, 7) is 8.11. The standard InChI is InChI=1S/C31H33Cl3N8O4/c1-16(2)9-26(43)35-14-17(3)28-37-30-22(18(4)38-42(30)40-28)13-23-29(36-15-46-21-8-6-7-20(12-21)45-5)39-41(31(23)44)27-24(33)10-19(32)11-25(27)34/h6-8,10-13,16-17,44H,9,14-15H2,1-5H3,(H,35,43)(H,36,39)/b22-13-. The Kier molecular flexibility index (Phi) is 10.1. The van der Waals surface area contributed by atoms with Crippen LogP contribution < -0.4 is 25.3 Å². The SMILES string of the molecule is COc1cccc(OCNc2nn(-c3c(Cl)cc(Cl)cc3Cl)c(O)c2/C=c2/c(C)nn3nc(C(C)CNC(=O)CC(C)C)nc23)c1. The van der Waals surface area contributed by atoms with E-state index in [1.807, 2.05) is 39.8 Å². The summed E-state index contributed by atoms with van der Waals surface area (Å²) in [5, 5.41) is 32.6. The number of benzene rings is 2. The van der Waals surface area contributed by atoms with Crippen molar-refractivity contribution in [1.82, 2.24) is 34.9 Å². The summed E-state index contributed by atoms with van der Waals surface area (Å²) in [4.78, 5) is 16.9. The average molecular weight is 688 g/mol. The first-order valence-electron chi connectivity index (χ1n) is 14.4. The van der Waals surface area contributed by atoms with E-state index in [4.69, 9.17) is 49.3 Å². The fourth-order valence-electron chi connectivity index (χ4n) is 4.69. The number of nitrogens with one attached hydrogen (secondary N) is 2. The van der Waals surface area contributed by atoms with Gasteiger partial charge in [0, 0.05) is 35.2 Å². The predicted octanol–water partition coefficient (Wildman–Crippen LogP) is 5.55. The summed E-state index contributed by atoms with van der Waals surface area (Å²) >= 11 is 19.1. The van der Waals surface area contributed by atoms with Gasteiger partial charge >= 0.3 is 0 Å². The van der Waals surface area contributed by atoms with Crippen LogP contribution in [0.4, 0.5) is 5.82 Å². The van der Waals surface area contributed by atoms with Crippen LogP contribution in [0.3, 0.4) is 0 Å². The van der Waals surface area contributed by atoms with E-state index < -0.39 is 0 Å². The smallest absolute Gasteiger partial charge is 0.224 e. The second-order valence-corrected chi connectivity index (χ2v) is 12.3. The van der Waals surface area contributed by atoms with Crippen LogP contribution in [0.1, 0.15) is 50.2 Å². The van der Waals surface area contributed by atoms with Crippen LogP contribution in [0.15, 0.2) is 36.4 Å². The molecule has 0 saturated carbocycles. The van der Waals surface area contributed by atoms with Crippen molar-refractivity contribution in [1.29, 1.82) is 0 Å². The highest BCUT2D eigenvalue weighted by atomic mass is 35.5. The molecule has 3 heterocycles. The highest BCUT2D eigenvalue weighted by Crippen LogP contribution is 2.37. The molecular weight excluding hydrogens is 655 g/mol. The Morgan fingerprint density at radius 2 is 1.78 bits per heavy atom. The quantitative estimate of drug-likeness (QED) is 0.144. The summed E-state index contributed by atoms with van der Waals surface area (Å²) in [5.74, 6) is 1.81. The lowest BCUT2D eigenvalue weighted by Gasteiger charge is -2.10. The first-order chi connectivity index (χ1) is 21.9. The molecule has 242 valence electrons. The Morgan fingerprint density at radius 1 is 1.07 bits per heavy atom. The molecule has 12 nitrogen and oxygen atoms in total. The Balaban J connectivity index is 1.52. The maximum Gasteiger partial charge on any atom is 0.224 e. The van der Waals surface area contributed by atoms with Gasteiger partial charge in [0.25, 0.3) is 0 Å². The number of anilines is 1. The molecule has 2 aromatic carbocycles. The number of aryl methyl sites for hydroxylation is 1. The average Bonchev–Trinajstić information content (AvgIpc) is 3.63. The molecule has 0 bridgehead atoms. The van der Waals surface area contributed by atoms with Gasteiger partial charge in [-0.1, -0.05) is 61.6 Å². The van der Waals surface area contributed by atoms with Crippen LogP contribution in [0, 0.1) is 12.8 Å². The molecule has 46 heavy (non-hydrogen) atoms. The number of rotatable bonds is 12. The van der Waals surface area contributed by atoms with Crippen molar-refractivity contribution in [2.45, 2.75) is 40.0 Å². The second kappa shape index (κ2) is 14.0. The van der Waals surface area contributed by atoms with E-state index in [1.165, 1.54) is 21.4 Å². The lowest BCUT2D eigenvalue weighted by molar-refractivity contribution is -0.121. The third-order valence-corrected chi connectivity index (χ3v) is 7.82. The van der Waals surface area contributed by atoms with Crippen molar-refractivity contribution < 1.29 is 19.4 Å². The highest BCUT2D eigenvalue weighted by molar-refractivity contribution is 6.40. The van der Waals surface area contributed by atoms with Crippen molar-refractivity contribution in [3.8, 4) is 23.1 Å². The van der Waals surface area contributed by atoms with Crippen LogP contribution in [0.2, 0.25) is 15.1 Å². The van der Waals surface area contributed by atoms with Gasteiger partial charge in [-0.05, 0) is 43.2 Å². The maximum atomic E-state index is 12.2. The Hall–Kier alpha value is -4.26. The summed E-state index contributed by atoms with van der Waals surface area (Å²) in [6, 6.07) is 10.2. The number of halogens is 3. The van der Waals surface area contributed by atoms with E-state index >= 15 is 0 Å². The molecule has 1 amide bonds. The Labute approximate surface area is 280 Å². The third kappa shape index (κ3) is 7.24. The number of carbonyl (C=O) groups is 1. The third-order valence-electron chi connectivity index (χ3n) is 7.02. The number of amides is 1. The fourth-order valence-corrected chi connectivity index (χ4v) is 5.67. The number of carbonyl (C=O) groups excluding carboxylic acids is 1. The van der Waals surface area contributed by atoms with Crippen LogP contribution >= 0.6 is 34.8 Å². The van der Waals surface area contributed by atoms with Gasteiger partial charge in [-0.3, -0.25) is 4.79 Å². The zero-order chi connectivity index (χ0) is 33.1. The summed E-state index contributed by atoms with van der Waals surface area (Å²) in [5.41, 5.74) is 1.63. The number of hydrogen-bond acceptors (Lipinski definition) is 9. The Bertz CT molecular complexity index is 1920. The minimum absolute atomic E-state index is 0.00464. The number of aromatic hydroxyl groups is 1. The second-order valence-electron chi connectivity index (χ2n) is 11.1. The molecule has 3 N–H and O–H groups in total. The number of ether oxygens (including phenoxy) is 2. The van der Waals surface area contributed by atoms with Gasteiger partial charge in [-0.25, -0.2) is 4.98 Å². The normalized spacial score (nSPS) is 12.6. The van der Waals surface area contributed by atoms with E-state index in [2.05, 4.69) is 25.9 Å².